The molecule has 0 spiro atoms. The van der Waals surface area contributed by atoms with Gasteiger partial charge in [0, 0.05) is 32.2 Å². The summed E-state index contributed by atoms with van der Waals surface area (Å²) in [5.41, 5.74) is 3.41. The first-order valence-corrected chi connectivity index (χ1v) is 10.3. The van der Waals surface area contributed by atoms with Crippen LogP contribution in [0.25, 0.3) is 42.8 Å². The van der Waals surface area contributed by atoms with Gasteiger partial charge in [-0.2, -0.15) is 0 Å². The number of nitrogens with zero attached hydrogens (tertiary/aromatic N) is 2. The minimum atomic E-state index is 0.498. The molecule has 0 aliphatic carbocycles. The average Bonchev–Trinajstić information content (AvgIpc) is 3.32. The van der Waals surface area contributed by atoms with Crippen LogP contribution in [0, 0.1) is 5.92 Å². The fourth-order valence-corrected chi connectivity index (χ4v) is 4.81. The van der Waals surface area contributed by atoms with Gasteiger partial charge < -0.3 is 4.42 Å². The van der Waals surface area contributed by atoms with Crippen molar-refractivity contribution in [1.82, 2.24) is 10.2 Å². The van der Waals surface area contributed by atoms with Crippen molar-refractivity contribution in [2.75, 3.05) is 0 Å². The predicted molar refractivity (Wildman–Crippen MR) is 117 cm³/mol. The van der Waals surface area contributed by atoms with E-state index in [2.05, 4.69) is 90.8 Å². The van der Waals surface area contributed by atoms with Crippen LogP contribution in [-0.4, -0.2) is 10.2 Å². The first-order chi connectivity index (χ1) is 13.7. The van der Waals surface area contributed by atoms with Crippen molar-refractivity contribution in [2.45, 2.75) is 20.3 Å². The van der Waals surface area contributed by atoms with Gasteiger partial charge in [0.2, 0.25) is 11.8 Å². The first-order valence-electron chi connectivity index (χ1n) is 9.52. The zero-order valence-corrected chi connectivity index (χ0v) is 16.7. The molecule has 0 amide bonds. The van der Waals surface area contributed by atoms with Gasteiger partial charge in [-0.1, -0.05) is 62.4 Å². The van der Waals surface area contributed by atoms with E-state index in [1.807, 2.05) is 11.3 Å². The molecule has 0 N–H and O–H groups in total. The lowest BCUT2D eigenvalue weighted by Gasteiger charge is -2.04. The lowest BCUT2D eigenvalue weighted by atomic mass is 10.0. The third kappa shape index (κ3) is 3.00. The highest BCUT2D eigenvalue weighted by Crippen LogP contribution is 2.39. The molecular weight excluding hydrogens is 364 g/mol. The Morgan fingerprint density at radius 1 is 0.821 bits per heavy atom. The third-order valence-electron chi connectivity index (χ3n) is 4.90. The van der Waals surface area contributed by atoms with Gasteiger partial charge in [0.1, 0.15) is 0 Å². The van der Waals surface area contributed by atoms with Gasteiger partial charge >= 0.3 is 0 Å². The Labute approximate surface area is 167 Å². The van der Waals surface area contributed by atoms with Crippen molar-refractivity contribution in [3.8, 4) is 22.6 Å². The Bertz CT molecular complexity index is 1270. The number of hydrogen-bond donors (Lipinski definition) is 0. The highest BCUT2D eigenvalue weighted by molar-refractivity contribution is 7.26. The summed E-state index contributed by atoms with van der Waals surface area (Å²) in [6.07, 6.45) is 0.805. The van der Waals surface area contributed by atoms with Crippen molar-refractivity contribution in [2.24, 2.45) is 5.92 Å². The van der Waals surface area contributed by atoms with E-state index in [-0.39, 0.29) is 0 Å². The van der Waals surface area contributed by atoms with E-state index < -0.39 is 0 Å². The Kier molecular flexibility index (Phi) is 4.21. The average molecular weight is 385 g/mol. The highest BCUT2D eigenvalue weighted by atomic mass is 32.1. The second kappa shape index (κ2) is 6.88. The molecule has 0 saturated heterocycles. The number of benzene rings is 3. The Balaban J connectivity index is 1.53. The lowest BCUT2D eigenvalue weighted by molar-refractivity contribution is 0.466. The van der Waals surface area contributed by atoms with Crippen LogP contribution in [0.15, 0.2) is 71.1 Å². The SMILES string of the molecule is CC(C)Cc1nnc(-c2ccc(-c3cccc4c3sc3ccccc34)cc2)o1. The van der Waals surface area contributed by atoms with Crippen molar-refractivity contribution < 1.29 is 4.42 Å². The maximum atomic E-state index is 5.82. The summed E-state index contributed by atoms with van der Waals surface area (Å²) in [7, 11) is 0. The molecule has 0 unspecified atom stereocenters. The molecule has 0 fully saturated rings. The summed E-state index contributed by atoms with van der Waals surface area (Å²) in [6.45, 7) is 4.29. The van der Waals surface area contributed by atoms with Crippen LogP contribution in [-0.2, 0) is 6.42 Å². The van der Waals surface area contributed by atoms with Crippen LogP contribution < -0.4 is 0 Å². The second-order valence-corrected chi connectivity index (χ2v) is 8.51. The molecule has 2 aromatic heterocycles. The van der Waals surface area contributed by atoms with Crippen LogP contribution in [0.5, 0.6) is 0 Å². The van der Waals surface area contributed by atoms with Gasteiger partial charge in [-0.05, 0) is 35.2 Å². The molecule has 0 bridgehead atoms. The number of fused-ring (bicyclic) bond motifs is 3. The molecular formula is C24H20N2OS. The summed E-state index contributed by atoms with van der Waals surface area (Å²) < 4.78 is 8.47. The molecule has 3 nitrogen and oxygen atoms in total. The standard InChI is InChI=1S/C24H20N2OS/c1-15(2)14-22-25-26-24(27-22)17-12-10-16(11-13-17)18-7-5-8-20-19-6-3-4-9-21(19)28-23(18)20/h3-13,15H,14H2,1-2H3. The van der Waals surface area contributed by atoms with Crippen LogP contribution in [0.1, 0.15) is 19.7 Å². The summed E-state index contributed by atoms with van der Waals surface area (Å²) in [6, 6.07) is 23.5. The smallest absolute Gasteiger partial charge is 0.247 e. The highest BCUT2D eigenvalue weighted by Gasteiger charge is 2.12. The lowest BCUT2D eigenvalue weighted by Crippen LogP contribution is -1.93. The van der Waals surface area contributed by atoms with Gasteiger partial charge in [0.25, 0.3) is 0 Å². The molecule has 0 saturated carbocycles. The molecule has 2 heterocycles. The minimum Gasteiger partial charge on any atom is -0.421 e. The third-order valence-corrected chi connectivity index (χ3v) is 6.12. The normalized spacial score (nSPS) is 11.7. The van der Waals surface area contributed by atoms with Gasteiger partial charge in [-0.25, -0.2) is 0 Å². The Morgan fingerprint density at radius 3 is 2.39 bits per heavy atom. The summed E-state index contributed by atoms with van der Waals surface area (Å²) in [5, 5.41) is 11.0. The molecule has 0 aliphatic heterocycles. The summed E-state index contributed by atoms with van der Waals surface area (Å²) in [5.74, 6) is 1.78. The van der Waals surface area contributed by atoms with Gasteiger partial charge in [-0.15, -0.1) is 21.5 Å². The van der Waals surface area contributed by atoms with Crippen LogP contribution in [0.4, 0.5) is 0 Å². The topological polar surface area (TPSA) is 38.9 Å². The fourth-order valence-electron chi connectivity index (χ4n) is 3.57. The number of thiophene rings is 1. The van der Waals surface area contributed by atoms with Crippen molar-refractivity contribution in [3.05, 3.63) is 72.6 Å². The van der Waals surface area contributed by atoms with E-state index in [1.54, 1.807) is 0 Å². The maximum absolute atomic E-state index is 5.82. The van der Waals surface area contributed by atoms with E-state index >= 15 is 0 Å². The zero-order valence-electron chi connectivity index (χ0n) is 15.8. The molecule has 5 rings (SSSR count). The second-order valence-electron chi connectivity index (χ2n) is 7.46. The van der Waals surface area contributed by atoms with Crippen LogP contribution in [0.3, 0.4) is 0 Å². The predicted octanol–water partition coefficient (Wildman–Crippen LogP) is 6.97. The van der Waals surface area contributed by atoms with Gasteiger partial charge in [0.05, 0.1) is 0 Å². The van der Waals surface area contributed by atoms with Crippen molar-refractivity contribution in [1.29, 1.82) is 0 Å². The van der Waals surface area contributed by atoms with E-state index in [9.17, 15) is 0 Å². The largest absolute Gasteiger partial charge is 0.421 e. The Hall–Kier alpha value is -2.98. The summed E-state index contributed by atoms with van der Waals surface area (Å²) in [4.78, 5) is 0. The molecule has 0 aliphatic rings. The quantitative estimate of drug-likeness (QED) is 0.336. The fraction of sp³-hybridized carbons (Fsp3) is 0.167. The van der Waals surface area contributed by atoms with Gasteiger partial charge in [-0.3, -0.25) is 0 Å². The maximum Gasteiger partial charge on any atom is 0.247 e. The van der Waals surface area contributed by atoms with E-state index in [4.69, 9.17) is 4.42 Å². The number of hydrogen-bond acceptors (Lipinski definition) is 4. The molecule has 28 heavy (non-hydrogen) atoms. The molecule has 138 valence electrons. The molecule has 0 radical (unpaired) electrons. The Morgan fingerprint density at radius 2 is 1.57 bits per heavy atom. The van der Waals surface area contributed by atoms with Crippen LogP contribution >= 0.6 is 11.3 Å². The van der Waals surface area contributed by atoms with Crippen molar-refractivity contribution in [3.63, 3.8) is 0 Å². The summed E-state index contributed by atoms with van der Waals surface area (Å²) >= 11 is 1.85. The zero-order chi connectivity index (χ0) is 19.1. The number of aromatic nitrogens is 2. The van der Waals surface area contributed by atoms with E-state index in [0.29, 0.717) is 17.7 Å². The molecule has 0 atom stereocenters. The van der Waals surface area contributed by atoms with Gasteiger partial charge in [0.15, 0.2) is 0 Å². The van der Waals surface area contributed by atoms with Crippen LogP contribution in [0.2, 0.25) is 0 Å². The number of rotatable bonds is 4. The molecule has 4 heteroatoms. The monoisotopic (exact) mass is 384 g/mol. The van der Waals surface area contributed by atoms with E-state index in [1.165, 1.54) is 31.3 Å². The van der Waals surface area contributed by atoms with Crippen molar-refractivity contribution >= 4 is 31.5 Å². The minimum absolute atomic E-state index is 0.498. The molecule has 3 aromatic carbocycles. The van der Waals surface area contributed by atoms with E-state index in [0.717, 1.165) is 12.0 Å². The first kappa shape index (κ1) is 17.1. The molecule has 5 aromatic rings.